The Labute approximate surface area is 104 Å². The van der Waals surface area contributed by atoms with Crippen molar-refractivity contribution >= 4 is 21.9 Å². The summed E-state index contributed by atoms with van der Waals surface area (Å²) in [5.41, 5.74) is 1.13. The summed E-state index contributed by atoms with van der Waals surface area (Å²) >= 11 is 3.39. The third kappa shape index (κ3) is 3.52. The topological polar surface area (TPSA) is 35.5 Å². The van der Waals surface area contributed by atoms with Crippen molar-refractivity contribution in [3.05, 3.63) is 28.2 Å². The summed E-state index contributed by atoms with van der Waals surface area (Å²) in [6, 6.07) is 5.69. The Kier molecular flexibility index (Phi) is 4.80. The van der Waals surface area contributed by atoms with Gasteiger partial charge in [-0.15, -0.1) is 0 Å². The van der Waals surface area contributed by atoms with Crippen LogP contribution in [0.25, 0.3) is 0 Å². The van der Waals surface area contributed by atoms with Crippen LogP contribution >= 0.6 is 15.9 Å². The zero-order valence-corrected chi connectivity index (χ0v) is 11.2. The molecule has 0 heterocycles. The number of aryl methyl sites for hydroxylation is 1. The molecule has 0 saturated carbocycles. The molecule has 0 fully saturated rings. The number of rotatable bonds is 4. The number of benzene rings is 1. The Morgan fingerprint density at radius 1 is 1.50 bits per heavy atom. The predicted octanol–water partition coefficient (Wildman–Crippen LogP) is 3.09. The molecule has 0 bridgehead atoms. The SMILES string of the molecule is CCOC(=O)C(C)Oc1ccc(C)cc1Br. The van der Waals surface area contributed by atoms with Crippen molar-refractivity contribution in [2.24, 2.45) is 0 Å². The predicted molar refractivity (Wildman–Crippen MR) is 65.6 cm³/mol. The van der Waals surface area contributed by atoms with E-state index in [4.69, 9.17) is 9.47 Å². The third-order valence-electron chi connectivity index (χ3n) is 2.01. The van der Waals surface area contributed by atoms with Crippen LogP contribution in [0.5, 0.6) is 5.75 Å². The number of carbonyl (C=O) groups is 1. The van der Waals surface area contributed by atoms with Gasteiger partial charge in [-0.3, -0.25) is 0 Å². The number of hydrogen-bond acceptors (Lipinski definition) is 3. The first kappa shape index (κ1) is 13.0. The maximum atomic E-state index is 11.4. The van der Waals surface area contributed by atoms with Gasteiger partial charge in [-0.1, -0.05) is 6.07 Å². The summed E-state index contributed by atoms with van der Waals surface area (Å²) in [5, 5.41) is 0. The molecule has 0 aliphatic heterocycles. The molecule has 1 aromatic rings. The lowest BCUT2D eigenvalue weighted by atomic mass is 10.2. The first-order valence-corrected chi connectivity index (χ1v) is 5.93. The zero-order chi connectivity index (χ0) is 12.1. The number of halogens is 1. The lowest BCUT2D eigenvalue weighted by Crippen LogP contribution is -2.26. The van der Waals surface area contributed by atoms with E-state index in [1.807, 2.05) is 25.1 Å². The van der Waals surface area contributed by atoms with Crippen molar-refractivity contribution in [1.82, 2.24) is 0 Å². The molecule has 1 atom stereocenters. The summed E-state index contributed by atoms with van der Waals surface area (Å²) in [6.07, 6.45) is -0.598. The van der Waals surface area contributed by atoms with E-state index in [9.17, 15) is 4.79 Å². The van der Waals surface area contributed by atoms with Crippen LogP contribution in [0.2, 0.25) is 0 Å². The van der Waals surface area contributed by atoms with Gasteiger partial charge in [-0.2, -0.15) is 0 Å². The van der Waals surface area contributed by atoms with Crippen molar-refractivity contribution in [1.29, 1.82) is 0 Å². The van der Waals surface area contributed by atoms with Gasteiger partial charge < -0.3 is 9.47 Å². The summed E-state index contributed by atoms with van der Waals surface area (Å²) < 4.78 is 11.2. The standard InChI is InChI=1S/C12H15BrO3/c1-4-15-12(14)9(3)16-11-6-5-8(2)7-10(11)13/h5-7,9H,4H2,1-3H3. The highest BCUT2D eigenvalue weighted by molar-refractivity contribution is 9.10. The van der Waals surface area contributed by atoms with E-state index in [2.05, 4.69) is 15.9 Å². The second kappa shape index (κ2) is 5.89. The largest absolute Gasteiger partial charge is 0.478 e. The first-order valence-electron chi connectivity index (χ1n) is 5.14. The smallest absolute Gasteiger partial charge is 0.347 e. The summed E-state index contributed by atoms with van der Waals surface area (Å²) in [5.74, 6) is 0.293. The Bertz CT molecular complexity index is 377. The molecule has 0 aliphatic rings. The van der Waals surface area contributed by atoms with Crippen LogP contribution in [0.15, 0.2) is 22.7 Å². The van der Waals surface area contributed by atoms with Crippen molar-refractivity contribution in [2.75, 3.05) is 6.61 Å². The molecule has 1 rings (SSSR count). The summed E-state index contributed by atoms with van der Waals surface area (Å²) in [4.78, 5) is 11.4. The third-order valence-corrected chi connectivity index (χ3v) is 2.63. The van der Waals surface area contributed by atoms with E-state index >= 15 is 0 Å². The lowest BCUT2D eigenvalue weighted by molar-refractivity contribution is -0.150. The fraction of sp³-hybridized carbons (Fsp3) is 0.417. The average molecular weight is 287 g/mol. The van der Waals surface area contributed by atoms with Gasteiger partial charge in [0, 0.05) is 0 Å². The molecule has 1 unspecified atom stereocenters. The second-order valence-electron chi connectivity index (χ2n) is 3.45. The molecule has 16 heavy (non-hydrogen) atoms. The summed E-state index contributed by atoms with van der Waals surface area (Å²) in [6.45, 7) is 5.79. The average Bonchev–Trinajstić information content (AvgIpc) is 2.22. The molecule has 88 valence electrons. The molecule has 0 radical (unpaired) electrons. The molecule has 0 saturated heterocycles. The normalized spacial score (nSPS) is 12.0. The van der Waals surface area contributed by atoms with Gasteiger partial charge in [-0.05, 0) is 54.4 Å². The van der Waals surface area contributed by atoms with Crippen LogP contribution in [0.4, 0.5) is 0 Å². The number of ether oxygens (including phenoxy) is 2. The molecule has 0 amide bonds. The van der Waals surface area contributed by atoms with Crippen molar-refractivity contribution in [3.8, 4) is 5.75 Å². The number of carbonyl (C=O) groups excluding carboxylic acids is 1. The fourth-order valence-corrected chi connectivity index (χ4v) is 1.79. The van der Waals surface area contributed by atoms with E-state index in [1.165, 1.54) is 0 Å². The van der Waals surface area contributed by atoms with Crippen LogP contribution < -0.4 is 4.74 Å². The highest BCUT2D eigenvalue weighted by Gasteiger charge is 2.16. The monoisotopic (exact) mass is 286 g/mol. The number of esters is 1. The quantitative estimate of drug-likeness (QED) is 0.798. The molecule has 3 nitrogen and oxygen atoms in total. The maximum absolute atomic E-state index is 11.4. The maximum Gasteiger partial charge on any atom is 0.347 e. The van der Waals surface area contributed by atoms with Gasteiger partial charge >= 0.3 is 5.97 Å². The highest BCUT2D eigenvalue weighted by atomic mass is 79.9. The van der Waals surface area contributed by atoms with Crippen molar-refractivity contribution in [3.63, 3.8) is 0 Å². The molecule has 0 N–H and O–H groups in total. The van der Waals surface area contributed by atoms with Crippen LogP contribution in [0.1, 0.15) is 19.4 Å². The van der Waals surface area contributed by atoms with Gasteiger partial charge in [0.25, 0.3) is 0 Å². The Morgan fingerprint density at radius 2 is 2.19 bits per heavy atom. The van der Waals surface area contributed by atoms with Crippen LogP contribution in [-0.2, 0) is 9.53 Å². The highest BCUT2D eigenvalue weighted by Crippen LogP contribution is 2.26. The van der Waals surface area contributed by atoms with Gasteiger partial charge in [0.2, 0.25) is 0 Å². The van der Waals surface area contributed by atoms with E-state index in [0.717, 1.165) is 10.0 Å². The molecular weight excluding hydrogens is 272 g/mol. The number of hydrogen-bond donors (Lipinski definition) is 0. The molecular formula is C12H15BrO3. The van der Waals surface area contributed by atoms with E-state index in [0.29, 0.717) is 12.4 Å². The van der Waals surface area contributed by atoms with E-state index in [1.54, 1.807) is 13.8 Å². The summed E-state index contributed by atoms with van der Waals surface area (Å²) in [7, 11) is 0. The molecule has 4 heteroatoms. The van der Waals surface area contributed by atoms with Gasteiger partial charge in [-0.25, -0.2) is 4.79 Å². The Balaban J connectivity index is 2.69. The van der Waals surface area contributed by atoms with E-state index in [-0.39, 0.29) is 5.97 Å². The van der Waals surface area contributed by atoms with Gasteiger partial charge in [0.05, 0.1) is 11.1 Å². The fourth-order valence-electron chi connectivity index (χ4n) is 1.20. The Morgan fingerprint density at radius 3 is 2.75 bits per heavy atom. The molecule has 0 aromatic heterocycles. The molecule has 1 aromatic carbocycles. The van der Waals surface area contributed by atoms with E-state index < -0.39 is 6.10 Å². The minimum Gasteiger partial charge on any atom is -0.478 e. The molecule has 0 spiro atoms. The van der Waals surface area contributed by atoms with Crippen LogP contribution in [0.3, 0.4) is 0 Å². The van der Waals surface area contributed by atoms with Crippen LogP contribution in [-0.4, -0.2) is 18.7 Å². The van der Waals surface area contributed by atoms with Gasteiger partial charge in [0.1, 0.15) is 5.75 Å². The van der Waals surface area contributed by atoms with Crippen molar-refractivity contribution in [2.45, 2.75) is 26.9 Å². The van der Waals surface area contributed by atoms with Crippen LogP contribution in [0, 0.1) is 6.92 Å². The zero-order valence-electron chi connectivity index (χ0n) is 9.62. The molecule has 0 aliphatic carbocycles. The lowest BCUT2D eigenvalue weighted by Gasteiger charge is -2.14. The minimum absolute atomic E-state index is 0.352. The second-order valence-corrected chi connectivity index (χ2v) is 4.30. The first-order chi connectivity index (χ1) is 7.54. The Hall–Kier alpha value is -1.03. The van der Waals surface area contributed by atoms with Gasteiger partial charge in [0.15, 0.2) is 6.10 Å². The minimum atomic E-state index is -0.598. The van der Waals surface area contributed by atoms with Crippen molar-refractivity contribution < 1.29 is 14.3 Å².